The van der Waals surface area contributed by atoms with Crippen molar-refractivity contribution >= 4 is 17.2 Å². The Labute approximate surface area is 138 Å². The number of amides is 1. The van der Waals surface area contributed by atoms with Gasteiger partial charge in [-0.25, -0.2) is 0 Å². The number of nitrogens with zero attached hydrogens (tertiary/aromatic N) is 2. The Bertz CT molecular complexity index is 657. The van der Waals surface area contributed by atoms with Gasteiger partial charge in [0, 0.05) is 31.0 Å². The summed E-state index contributed by atoms with van der Waals surface area (Å²) in [6.07, 6.45) is 5.46. The smallest absolute Gasteiger partial charge is 0.227 e. The molecular weight excluding hydrogens is 312 g/mol. The first-order chi connectivity index (χ1) is 11.3. The maximum atomic E-state index is 12.1. The molecule has 2 N–H and O–H groups in total. The van der Waals surface area contributed by atoms with Crippen molar-refractivity contribution in [3.8, 4) is 10.7 Å². The molecule has 122 valence electrons. The summed E-state index contributed by atoms with van der Waals surface area (Å²) in [6.45, 7) is 0. The third kappa shape index (κ3) is 3.45. The SMILES string of the molecule is O=C(CCc1nc(-c2cccs2)no1)NC1CC2CCC(C1)N2. The van der Waals surface area contributed by atoms with Crippen molar-refractivity contribution in [2.75, 3.05) is 0 Å². The average Bonchev–Trinajstić information content (AvgIpc) is 3.26. The maximum Gasteiger partial charge on any atom is 0.227 e. The minimum absolute atomic E-state index is 0.0761. The van der Waals surface area contributed by atoms with E-state index in [9.17, 15) is 4.79 Å². The Morgan fingerprint density at radius 3 is 2.96 bits per heavy atom. The van der Waals surface area contributed by atoms with Crippen molar-refractivity contribution in [2.24, 2.45) is 0 Å². The van der Waals surface area contributed by atoms with Gasteiger partial charge in [-0.1, -0.05) is 11.2 Å². The number of hydrogen-bond donors (Lipinski definition) is 2. The van der Waals surface area contributed by atoms with E-state index in [0.29, 0.717) is 42.7 Å². The fourth-order valence-corrected chi connectivity index (χ4v) is 4.21. The standard InChI is InChI=1S/C16H20N4O2S/c21-14(18-12-8-10-3-4-11(9-12)17-10)5-6-15-19-16(20-22-15)13-2-1-7-23-13/h1-2,7,10-12,17H,3-6,8-9H2,(H,18,21). The Hall–Kier alpha value is -1.73. The lowest BCUT2D eigenvalue weighted by Crippen LogP contribution is -2.48. The monoisotopic (exact) mass is 332 g/mol. The molecule has 7 heteroatoms. The van der Waals surface area contributed by atoms with E-state index in [-0.39, 0.29) is 5.91 Å². The minimum atomic E-state index is 0.0761. The predicted octanol–water partition coefficient (Wildman–Crippen LogP) is 2.13. The third-order valence-electron chi connectivity index (χ3n) is 4.61. The second-order valence-corrected chi connectivity index (χ2v) is 7.31. The van der Waals surface area contributed by atoms with E-state index in [0.717, 1.165) is 17.7 Å². The van der Waals surface area contributed by atoms with E-state index in [4.69, 9.17) is 4.52 Å². The van der Waals surface area contributed by atoms with Crippen LogP contribution < -0.4 is 10.6 Å². The fraction of sp³-hybridized carbons (Fsp3) is 0.562. The zero-order chi connectivity index (χ0) is 15.6. The lowest BCUT2D eigenvalue weighted by Gasteiger charge is -2.29. The van der Waals surface area contributed by atoms with E-state index in [2.05, 4.69) is 20.8 Å². The topological polar surface area (TPSA) is 80.0 Å². The molecule has 1 amide bonds. The summed E-state index contributed by atoms with van der Waals surface area (Å²) in [5.74, 6) is 1.20. The van der Waals surface area contributed by atoms with Gasteiger partial charge in [-0.2, -0.15) is 4.98 Å². The Balaban J connectivity index is 1.27. The molecule has 2 atom stereocenters. The normalized spacial score (nSPS) is 26.3. The molecule has 2 saturated heterocycles. The summed E-state index contributed by atoms with van der Waals surface area (Å²) in [4.78, 5) is 17.5. The van der Waals surface area contributed by atoms with Crippen LogP contribution in [0.5, 0.6) is 0 Å². The van der Waals surface area contributed by atoms with Crippen LogP contribution in [-0.2, 0) is 11.2 Å². The summed E-state index contributed by atoms with van der Waals surface area (Å²) in [7, 11) is 0. The molecule has 0 aliphatic carbocycles. The largest absolute Gasteiger partial charge is 0.353 e. The molecule has 2 aromatic heterocycles. The quantitative estimate of drug-likeness (QED) is 0.877. The van der Waals surface area contributed by atoms with E-state index in [1.165, 1.54) is 12.8 Å². The molecule has 0 radical (unpaired) electrons. The zero-order valence-electron chi connectivity index (χ0n) is 12.8. The maximum absolute atomic E-state index is 12.1. The molecule has 2 unspecified atom stereocenters. The highest BCUT2D eigenvalue weighted by Gasteiger charge is 2.33. The zero-order valence-corrected chi connectivity index (χ0v) is 13.6. The van der Waals surface area contributed by atoms with Gasteiger partial charge in [-0.15, -0.1) is 11.3 Å². The van der Waals surface area contributed by atoms with Crippen molar-refractivity contribution in [1.82, 2.24) is 20.8 Å². The first kappa shape index (κ1) is 14.8. The van der Waals surface area contributed by atoms with Crippen LogP contribution in [0.2, 0.25) is 0 Å². The van der Waals surface area contributed by atoms with Crippen LogP contribution in [0.15, 0.2) is 22.0 Å². The lowest BCUT2D eigenvalue weighted by molar-refractivity contribution is -0.122. The first-order valence-electron chi connectivity index (χ1n) is 8.18. The highest BCUT2D eigenvalue weighted by atomic mass is 32.1. The first-order valence-corrected chi connectivity index (χ1v) is 9.06. The molecule has 2 bridgehead atoms. The number of aromatic nitrogens is 2. The van der Waals surface area contributed by atoms with Crippen LogP contribution in [-0.4, -0.2) is 34.2 Å². The number of carbonyl (C=O) groups excluding carboxylic acids is 1. The third-order valence-corrected chi connectivity index (χ3v) is 5.48. The van der Waals surface area contributed by atoms with E-state index in [1.54, 1.807) is 11.3 Å². The summed E-state index contributed by atoms with van der Waals surface area (Å²) < 4.78 is 5.23. The van der Waals surface area contributed by atoms with Gasteiger partial charge in [-0.3, -0.25) is 4.79 Å². The molecule has 2 aliphatic rings. The van der Waals surface area contributed by atoms with Crippen molar-refractivity contribution < 1.29 is 9.32 Å². The number of thiophene rings is 1. The van der Waals surface area contributed by atoms with Gasteiger partial charge in [0.25, 0.3) is 0 Å². The molecule has 4 rings (SSSR count). The van der Waals surface area contributed by atoms with Gasteiger partial charge in [0.2, 0.25) is 17.6 Å². The van der Waals surface area contributed by atoms with Crippen LogP contribution >= 0.6 is 11.3 Å². The van der Waals surface area contributed by atoms with Crippen molar-refractivity contribution in [1.29, 1.82) is 0 Å². The van der Waals surface area contributed by atoms with Crippen LogP contribution in [0.1, 0.15) is 38.0 Å². The van der Waals surface area contributed by atoms with Crippen LogP contribution in [0, 0.1) is 0 Å². The van der Waals surface area contributed by atoms with Crippen LogP contribution in [0.25, 0.3) is 10.7 Å². The number of carbonyl (C=O) groups is 1. The second-order valence-electron chi connectivity index (χ2n) is 6.36. The van der Waals surface area contributed by atoms with Crippen molar-refractivity contribution in [3.05, 3.63) is 23.4 Å². The number of hydrogen-bond acceptors (Lipinski definition) is 6. The van der Waals surface area contributed by atoms with Crippen LogP contribution in [0.3, 0.4) is 0 Å². The van der Waals surface area contributed by atoms with Crippen molar-refractivity contribution in [3.63, 3.8) is 0 Å². The molecule has 0 aromatic carbocycles. The highest BCUT2D eigenvalue weighted by molar-refractivity contribution is 7.13. The number of aryl methyl sites for hydroxylation is 1. The Kier molecular flexibility index (Phi) is 4.13. The second kappa shape index (κ2) is 6.41. The minimum Gasteiger partial charge on any atom is -0.353 e. The molecular formula is C16H20N4O2S. The molecule has 2 aromatic rings. The van der Waals surface area contributed by atoms with Crippen LogP contribution in [0.4, 0.5) is 0 Å². The number of rotatable bonds is 5. The molecule has 2 fully saturated rings. The molecule has 6 nitrogen and oxygen atoms in total. The molecule has 23 heavy (non-hydrogen) atoms. The highest BCUT2D eigenvalue weighted by Crippen LogP contribution is 2.27. The molecule has 2 aliphatic heterocycles. The van der Waals surface area contributed by atoms with Crippen molar-refractivity contribution in [2.45, 2.75) is 56.7 Å². The van der Waals surface area contributed by atoms with Gasteiger partial charge >= 0.3 is 0 Å². The van der Waals surface area contributed by atoms with Gasteiger partial charge in [-0.05, 0) is 37.1 Å². The predicted molar refractivity (Wildman–Crippen MR) is 87.0 cm³/mol. The Morgan fingerprint density at radius 1 is 1.39 bits per heavy atom. The molecule has 0 spiro atoms. The van der Waals surface area contributed by atoms with E-state index in [1.807, 2.05) is 17.5 Å². The van der Waals surface area contributed by atoms with E-state index >= 15 is 0 Å². The van der Waals surface area contributed by atoms with Gasteiger partial charge < -0.3 is 15.2 Å². The summed E-state index contributed by atoms with van der Waals surface area (Å²) >= 11 is 1.57. The summed E-state index contributed by atoms with van der Waals surface area (Å²) in [5.41, 5.74) is 0. The van der Waals surface area contributed by atoms with Gasteiger partial charge in [0.05, 0.1) is 4.88 Å². The van der Waals surface area contributed by atoms with Gasteiger partial charge in [0.1, 0.15) is 0 Å². The molecule has 0 saturated carbocycles. The summed E-state index contributed by atoms with van der Waals surface area (Å²) in [6, 6.07) is 5.39. The Morgan fingerprint density at radius 2 is 2.22 bits per heavy atom. The summed E-state index contributed by atoms with van der Waals surface area (Å²) in [5, 5.41) is 12.7. The lowest BCUT2D eigenvalue weighted by atomic mass is 9.99. The van der Waals surface area contributed by atoms with E-state index < -0.39 is 0 Å². The average molecular weight is 332 g/mol. The number of fused-ring (bicyclic) bond motifs is 2. The number of piperidine rings is 1. The van der Waals surface area contributed by atoms with Gasteiger partial charge in [0.15, 0.2) is 0 Å². The molecule has 4 heterocycles. The number of nitrogens with one attached hydrogen (secondary N) is 2. The fourth-order valence-electron chi connectivity index (χ4n) is 3.56.